The van der Waals surface area contributed by atoms with E-state index in [0.29, 0.717) is 5.92 Å². The second-order valence-corrected chi connectivity index (χ2v) is 5.76. The molecule has 1 aliphatic carbocycles. The molecular formula is C17H15N3O2. The molecule has 0 unspecified atom stereocenters. The predicted octanol–water partition coefficient (Wildman–Crippen LogP) is 3.82. The largest absolute Gasteiger partial charge is 0.376 e. The Labute approximate surface area is 127 Å². The van der Waals surface area contributed by atoms with Crippen LogP contribution in [0, 0.1) is 16.0 Å². The summed E-state index contributed by atoms with van der Waals surface area (Å²) in [4.78, 5) is 15.2. The number of benzene rings is 1. The third-order valence-electron chi connectivity index (χ3n) is 4.56. The Morgan fingerprint density at radius 3 is 2.95 bits per heavy atom. The van der Waals surface area contributed by atoms with Gasteiger partial charge in [0.1, 0.15) is 0 Å². The minimum absolute atomic E-state index is 0.134. The highest BCUT2D eigenvalue weighted by molar-refractivity contribution is 5.62. The molecule has 2 aliphatic rings. The lowest BCUT2D eigenvalue weighted by Gasteiger charge is -2.36. The molecular weight excluding hydrogens is 278 g/mol. The van der Waals surface area contributed by atoms with E-state index in [-0.39, 0.29) is 22.6 Å². The van der Waals surface area contributed by atoms with Gasteiger partial charge in [0, 0.05) is 29.9 Å². The van der Waals surface area contributed by atoms with Gasteiger partial charge in [-0.15, -0.1) is 0 Å². The van der Waals surface area contributed by atoms with E-state index in [1.807, 2.05) is 24.3 Å². The molecule has 0 fully saturated rings. The lowest BCUT2D eigenvalue weighted by Crippen LogP contribution is -2.29. The molecule has 1 aromatic carbocycles. The summed E-state index contributed by atoms with van der Waals surface area (Å²) in [6.45, 7) is 0. The fraction of sp³-hybridized carbons (Fsp3) is 0.235. The Morgan fingerprint density at radius 1 is 1.27 bits per heavy atom. The van der Waals surface area contributed by atoms with Crippen molar-refractivity contribution in [1.82, 2.24) is 4.98 Å². The second kappa shape index (κ2) is 4.94. The van der Waals surface area contributed by atoms with Crippen molar-refractivity contribution in [2.24, 2.45) is 5.92 Å². The Bertz CT molecular complexity index is 758. The molecule has 5 heteroatoms. The zero-order valence-corrected chi connectivity index (χ0v) is 11.8. The fourth-order valence-corrected chi connectivity index (χ4v) is 3.55. The van der Waals surface area contributed by atoms with Crippen LogP contribution in [0.3, 0.4) is 0 Å². The molecule has 22 heavy (non-hydrogen) atoms. The van der Waals surface area contributed by atoms with E-state index >= 15 is 0 Å². The summed E-state index contributed by atoms with van der Waals surface area (Å²) in [6.07, 6.45) is 7.10. The topological polar surface area (TPSA) is 68.1 Å². The molecule has 1 aromatic heterocycles. The number of allylic oxidation sites excluding steroid dienone is 2. The molecule has 3 atom stereocenters. The van der Waals surface area contributed by atoms with E-state index in [9.17, 15) is 10.1 Å². The Balaban J connectivity index is 1.79. The third-order valence-corrected chi connectivity index (χ3v) is 4.56. The fourth-order valence-electron chi connectivity index (χ4n) is 3.55. The normalized spacial score (nSPS) is 25.2. The molecule has 0 saturated heterocycles. The van der Waals surface area contributed by atoms with Crippen LogP contribution in [0.5, 0.6) is 0 Å². The maximum Gasteiger partial charge on any atom is 0.269 e. The number of nitrogens with zero attached hydrogens (tertiary/aromatic N) is 2. The van der Waals surface area contributed by atoms with Crippen LogP contribution in [-0.4, -0.2) is 9.91 Å². The van der Waals surface area contributed by atoms with E-state index < -0.39 is 0 Å². The van der Waals surface area contributed by atoms with Gasteiger partial charge in [-0.05, 0) is 36.1 Å². The number of fused-ring (bicyclic) bond motifs is 3. The van der Waals surface area contributed by atoms with Crippen molar-refractivity contribution in [2.75, 3.05) is 5.32 Å². The first kappa shape index (κ1) is 13.0. The maximum atomic E-state index is 11.0. The van der Waals surface area contributed by atoms with Crippen molar-refractivity contribution in [2.45, 2.75) is 18.4 Å². The average Bonchev–Trinajstić information content (AvgIpc) is 3.04. The molecule has 2 aromatic rings. The summed E-state index contributed by atoms with van der Waals surface area (Å²) in [6, 6.07) is 11.1. The summed E-state index contributed by atoms with van der Waals surface area (Å²) in [5.41, 5.74) is 3.15. The average molecular weight is 293 g/mol. The van der Waals surface area contributed by atoms with Gasteiger partial charge in [0.15, 0.2) is 0 Å². The number of non-ortho nitro benzene ring substituents is 1. The van der Waals surface area contributed by atoms with Crippen LogP contribution in [0.15, 0.2) is 54.7 Å². The number of nitrogens with one attached hydrogen (secondary N) is 1. The van der Waals surface area contributed by atoms with Gasteiger partial charge in [0.05, 0.1) is 16.7 Å². The van der Waals surface area contributed by atoms with Crippen LogP contribution in [0.1, 0.15) is 29.6 Å². The minimum Gasteiger partial charge on any atom is -0.376 e. The first-order chi connectivity index (χ1) is 10.7. The molecule has 110 valence electrons. The van der Waals surface area contributed by atoms with Gasteiger partial charge in [-0.25, -0.2) is 0 Å². The van der Waals surface area contributed by atoms with Gasteiger partial charge in [-0.2, -0.15) is 0 Å². The lowest BCUT2D eigenvalue weighted by molar-refractivity contribution is -0.384. The molecule has 1 N–H and O–H groups in total. The number of nitro benzene ring substituents is 1. The number of nitro groups is 1. The van der Waals surface area contributed by atoms with Crippen molar-refractivity contribution in [1.29, 1.82) is 0 Å². The van der Waals surface area contributed by atoms with Gasteiger partial charge in [0.2, 0.25) is 0 Å². The van der Waals surface area contributed by atoms with Crippen LogP contribution >= 0.6 is 0 Å². The number of rotatable bonds is 2. The zero-order valence-electron chi connectivity index (χ0n) is 11.8. The minimum atomic E-state index is -0.335. The van der Waals surface area contributed by atoms with Crippen LogP contribution in [-0.2, 0) is 0 Å². The zero-order chi connectivity index (χ0) is 15.1. The maximum absolute atomic E-state index is 11.0. The Morgan fingerprint density at radius 2 is 2.18 bits per heavy atom. The van der Waals surface area contributed by atoms with Gasteiger partial charge in [-0.3, -0.25) is 15.1 Å². The van der Waals surface area contributed by atoms with Gasteiger partial charge >= 0.3 is 0 Å². The molecule has 0 amide bonds. The number of pyridine rings is 1. The number of aromatic nitrogens is 1. The molecule has 0 saturated carbocycles. The summed E-state index contributed by atoms with van der Waals surface area (Å²) < 4.78 is 0. The molecule has 1 aliphatic heterocycles. The van der Waals surface area contributed by atoms with Crippen LogP contribution in [0.25, 0.3) is 0 Å². The van der Waals surface area contributed by atoms with E-state index in [4.69, 9.17) is 0 Å². The molecule has 0 radical (unpaired) electrons. The summed E-state index contributed by atoms with van der Waals surface area (Å²) in [5.74, 6) is 0.563. The molecule has 0 spiro atoms. The van der Waals surface area contributed by atoms with E-state index in [1.54, 1.807) is 18.3 Å². The van der Waals surface area contributed by atoms with Gasteiger partial charge in [-0.1, -0.05) is 18.2 Å². The van der Waals surface area contributed by atoms with Crippen molar-refractivity contribution in [3.63, 3.8) is 0 Å². The van der Waals surface area contributed by atoms with E-state index in [0.717, 1.165) is 23.4 Å². The molecule has 4 rings (SSSR count). The number of hydrogen-bond acceptors (Lipinski definition) is 4. The SMILES string of the molecule is O=[N+]([O-])c1ccc2c(c1)[C@H]1C=CC[C@H]1[C@H](c1ccccn1)N2. The first-order valence-electron chi connectivity index (χ1n) is 7.36. The van der Waals surface area contributed by atoms with Crippen molar-refractivity contribution in [3.8, 4) is 0 Å². The van der Waals surface area contributed by atoms with E-state index in [2.05, 4.69) is 22.5 Å². The molecule has 2 heterocycles. The highest BCUT2D eigenvalue weighted by atomic mass is 16.6. The van der Waals surface area contributed by atoms with Crippen LogP contribution < -0.4 is 5.32 Å². The molecule has 5 nitrogen and oxygen atoms in total. The lowest BCUT2D eigenvalue weighted by atomic mass is 9.78. The van der Waals surface area contributed by atoms with Crippen LogP contribution in [0.4, 0.5) is 11.4 Å². The van der Waals surface area contributed by atoms with Crippen molar-refractivity contribution >= 4 is 11.4 Å². The third kappa shape index (κ3) is 1.97. The molecule has 0 bridgehead atoms. The summed E-state index contributed by atoms with van der Waals surface area (Å²) in [5, 5.41) is 14.5. The van der Waals surface area contributed by atoms with Crippen molar-refractivity contribution < 1.29 is 4.92 Å². The van der Waals surface area contributed by atoms with Crippen LogP contribution in [0.2, 0.25) is 0 Å². The standard InChI is InChI=1S/C17H15N3O2/c21-20(22)11-7-8-15-14(10-11)12-4-3-5-13(12)17(19-15)16-6-1-2-9-18-16/h1-4,6-10,12-13,17,19H,5H2/t12-,13+,17+/m0/s1. The monoisotopic (exact) mass is 293 g/mol. The highest BCUT2D eigenvalue weighted by Gasteiger charge is 2.39. The van der Waals surface area contributed by atoms with E-state index in [1.165, 1.54) is 0 Å². The number of hydrogen-bond donors (Lipinski definition) is 1. The summed E-state index contributed by atoms with van der Waals surface area (Å²) >= 11 is 0. The Kier molecular flexibility index (Phi) is 2.92. The first-order valence-corrected chi connectivity index (χ1v) is 7.36. The smallest absolute Gasteiger partial charge is 0.269 e. The summed E-state index contributed by atoms with van der Waals surface area (Å²) in [7, 11) is 0. The van der Waals surface area contributed by atoms with Gasteiger partial charge in [0.25, 0.3) is 5.69 Å². The second-order valence-electron chi connectivity index (χ2n) is 5.76. The van der Waals surface area contributed by atoms with Crippen molar-refractivity contribution in [3.05, 3.63) is 76.1 Å². The Hall–Kier alpha value is -2.69. The van der Waals surface area contributed by atoms with Gasteiger partial charge < -0.3 is 5.32 Å². The predicted molar refractivity (Wildman–Crippen MR) is 83.7 cm³/mol. The highest BCUT2D eigenvalue weighted by Crippen LogP contribution is 2.49. The quantitative estimate of drug-likeness (QED) is 0.519. The number of anilines is 1.